The number of carbonyl (C=O) groups is 1. The Balaban J connectivity index is 1.52. The number of rotatable bonds is 15. The summed E-state index contributed by atoms with van der Waals surface area (Å²) in [6, 6.07) is 10.6. The first-order valence-corrected chi connectivity index (χ1v) is 13.3. The van der Waals surface area contributed by atoms with E-state index in [1.54, 1.807) is 18.2 Å². The third kappa shape index (κ3) is 8.95. The second-order valence-corrected chi connectivity index (χ2v) is 9.92. The van der Waals surface area contributed by atoms with Crippen molar-refractivity contribution in [3.05, 3.63) is 58.7 Å². The van der Waals surface area contributed by atoms with E-state index in [9.17, 15) is 18.0 Å². The van der Waals surface area contributed by atoms with Crippen LogP contribution in [-0.4, -0.2) is 37.9 Å². The van der Waals surface area contributed by atoms with E-state index in [4.69, 9.17) is 15.2 Å². The Labute approximate surface area is 217 Å². The minimum absolute atomic E-state index is 0.0636. The number of fused-ring (bicyclic) bond motifs is 1. The van der Waals surface area contributed by atoms with Crippen molar-refractivity contribution in [2.45, 2.75) is 83.4 Å². The number of amides is 1. The van der Waals surface area contributed by atoms with Gasteiger partial charge in [0.25, 0.3) is 0 Å². The number of nitrogens with two attached hydrogens (primary N) is 1. The van der Waals surface area contributed by atoms with Crippen molar-refractivity contribution < 1.29 is 27.4 Å². The summed E-state index contributed by atoms with van der Waals surface area (Å²) < 4.78 is 48.0. The lowest BCUT2D eigenvalue weighted by Gasteiger charge is -2.19. The normalized spacial score (nSPS) is 15.9. The first kappa shape index (κ1) is 28.8. The van der Waals surface area contributed by atoms with Crippen molar-refractivity contribution in [2.75, 3.05) is 19.8 Å². The van der Waals surface area contributed by atoms with Crippen LogP contribution in [-0.2, 0) is 12.8 Å². The maximum Gasteiger partial charge on any atom is 0.422 e. The van der Waals surface area contributed by atoms with Gasteiger partial charge in [0.1, 0.15) is 6.61 Å². The summed E-state index contributed by atoms with van der Waals surface area (Å²) in [5.41, 5.74) is 9.94. The Bertz CT molecular complexity index is 1030. The average molecular weight is 521 g/mol. The third-order valence-electron chi connectivity index (χ3n) is 6.80. The van der Waals surface area contributed by atoms with Crippen molar-refractivity contribution in [2.24, 2.45) is 5.73 Å². The van der Waals surface area contributed by atoms with Crippen LogP contribution in [0.3, 0.4) is 0 Å². The minimum atomic E-state index is -4.41. The fourth-order valence-corrected chi connectivity index (χ4v) is 5.11. The summed E-state index contributed by atoms with van der Waals surface area (Å²) in [6.45, 7) is 3.66. The van der Waals surface area contributed by atoms with E-state index < -0.39 is 12.8 Å². The molecule has 0 aromatic heterocycles. The molecule has 2 aromatic rings. The molecule has 8 heteroatoms. The number of carbonyl (C=O) groups excluding carboxylic acids is 1. The largest absolute Gasteiger partial charge is 0.488 e. The zero-order valence-corrected chi connectivity index (χ0v) is 21.8. The van der Waals surface area contributed by atoms with Gasteiger partial charge in [-0.25, -0.2) is 0 Å². The summed E-state index contributed by atoms with van der Waals surface area (Å²) in [6.07, 6.45) is 4.33. The molecule has 1 aliphatic rings. The van der Waals surface area contributed by atoms with Crippen LogP contribution in [0.4, 0.5) is 13.2 Å². The summed E-state index contributed by atoms with van der Waals surface area (Å²) in [5, 5.41) is 3.38. The van der Waals surface area contributed by atoms with E-state index in [1.165, 1.54) is 37.3 Å². The van der Waals surface area contributed by atoms with E-state index in [0.717, 1.165) is 36.8 Å². The minimum Gasteiger partial charge on any atom is -0.488 e. The van der Waals surface area contributed by atoms with Gasteiger partial charge in [-0.15, -0.1) is 0 Å². The van der Waals surface area contributed by atoms with Gasteiger partial charge in [0.2, 0.25) is 5.91 Å². The van der Waals surface area contributed by atoms with Crippen LogP contribution in [0.2, 0.25) is 0 Å². The highest BCUT2D eigenvalue weighted by molar-refractivity contribution is 5.95. The molecular formula is C29H39F3N2O3. The van der Waals surface area contributed by atoms with Crippen LogP contribution >= 0.6 is 0 Å². The molecule has 5 nitrogen and oxygen atoms in total. The molecule has 0 bridgehead atoms. The van der Waals surface area contributed by atoms with Crippen molar-refractivity contribution in [3.8, 4) is 11.5 Å². The van der Waals surface area contributed by atoms with E-state index in [0.29, 0.717) is 18.0 Å². The molecular weight excluding hydrogens is 481 g/mol. The van der Waals surface area contributed by atoms with Gasteiger partial charge in [-0.2, -0.15) is 13.2 Å². The summed E-state index contributed by atoms with van der Waals surface area (Å²) in [5.74, 6) is 0.391. The van der Waals surface area contributed by atoms with Crippen LogP contribution in [0.5, 0.6) is 11.5 Å². The lowest BCUT2D eigenvalue weighted by atomic mass is 9.89. The number of hydrogen-bond acceptors (Lipinski definition) is 4. The van der Waals surface area contributed by atoms with Crippen LogP contribution in [0.15, 0.2) is 36.4 Å². The van der Waals surface area contributed by atoms with Gasteiger partial charge in [0, 0.05) is 18.2 Å². The number of alkyl halides is 3. The molecule has 0 saturated heterocycles. The average Bonchev–Trinajstić information content (AvgIpc) is 3.25. The van der Waals surface area contributed by atoms with Gasteiger partial charge < -0.3 is 20.5 Å². The van der Waals surface area contributed by atoms with E-state index >= 15 is 0 Å². The van der Waals surface area contributed by atoms with E-state index in [-0.39, 0.29) is 30.1 Å². The second kappa shape index (κ2) is 13.7. The monoisotopic (exact) mass is 520 g/mol. The molecule has 0 aliphatic heterocycles. The van der Waals surface area contributed by atoms with Gasteiger partial charge in [-0.1, -0.05) is 50.8 Å². The smallest absolute Gasteiger partial charge is 0.422 e. The topological polar surface area (TPSA) is 73.6 Å². The van der Waals surface area contributed by atoms with Gasteiger partial charge in [-0.05, 0) is 73.4 Å². The molecule has 0 saturated carbocycles. The summed E-state index contributed by atoms with van der Waals surface area (Å²) >= 11 is 0. The van der Waals surface area contributed by atoms with Gasteiger partial charge in [0.05, 0.1) is 0 Å². The molecule has 2 aromatic carbocycles. The number of aryl methyl sites for hydroxylation is 1. The van der Waals surface area contributed by atoms with E-state index in [1.807, 2.05) is 13.0 Å². The Kier molecular flexibility index (Phi) is 10.7. The molecule has 0 heterocycles. The summed E-state index contributed by atoms with van der Waals surface area (Å²) in [7, 11) is 0. The van der Waals surface area contributed by atoms with Gasteiger partial charge in [-0.3, -0.25) is 4.79 Å². The number of ether oxygens (including phenoxy) is 2. The Morgan fingerprint density at radius 3 is 2.54 bits per heavy atom. The maximum atomic E-state index is 12.5. The molecule has 2 atom stereocenters. The van der Waals surface area contributed by atoms with Crippen molar-refractivity contribution in [1.29, 1.82) is 0 Å². The van der Waals surface area contributed by atoms with E-state index in [2.05, 4.69) is 18.3 Å². The second-order valence-electron chi connectivity index (χ2n) is 9.92. The lowest BCUT2D eigenvalue weighted by Crippen LogP contribution is -2.32. The Morgan fingerprint density at radius 2 is 1.86 bits per heavy atom. The van der Waals surface area contributed by atoms with Crippen LogP contribution < -0.4 is 20.5 Å². The number of unbranched alkanes of at least 4 members (excludes halogenated alkanes) is 3. The van der Waals surface area contributed by atoms with Crippen molar-refractivity contribution in [3.63, 3.8) is 0 Å². The Morgan fingerprint density at radius 1 is 1.14 bits per heavy atom. The van der Waals surface area contributed by atoms with Gasteiger partial charge in [0.15, 0.2) is 18.1 Å². The van der Waals surface area contributed by atoms with Crippen molar-refractivity contribution >= 4 is 5.91 Å². The molecule has 0 radical (unpaired) electrons. The molecule has 0 fully saturated rings. The highest BCUT2D eigenvalue weighted by Crippen LogP contribution is 2.40. The predicted octanol–water partition coefficient (Wildman–Crippen LogP) is 6.33. The van der Waals surface area contributed by atoms with Gasteiger partial charge >= 0.3 is 6.18 Å². The fraction of sp³-hybridized carbons (Fsp3) is 0.552. The van der Waals surface area contributed by atoms with Crippen molar-refractivity contribution in [1.82, 2.24) is 5.32 Å². The number of para-hydroxylation sites is 2. The highest BCUT2D eigenvalue weighted by Gasteiger charge is 2.29. The molecule has 1 amide bonds. The predicted molar refractivity (Wildman–Crippen MR) is 139 cm³/mol. The highest BCUT2D eigenvalue weighted by atomic mass is 19.4. The first-order valence-electron chi connectivity index (χ1n) is 13.3. The molecule has 37 heavy (non-hydrogen) atoms. The lowest BCUT2D eigenvalue weighted by molar-refractivity contribution is -0.153. The number of primary amides is 1. The first-order chi connectivity index (χ1) is 17.7. The molecule has 0 spiro atoms. The maximum absolute atomic E-state index is 12.5. The molecule has 2 unspecified atom stereocenters. The van der Waals surface area contributed by atoms with Crippen LogP contribution in [0, 0.1) is 0 Å². The third-order valence-corrected chi connectivity index (χ3v) is 6.80. The molecule has 3 N–H and O–H groups in total. The number of benzene rings is 2. The zero-order valence-electron chi connectivity index (χ0n) is 21.8. The molecule has 1 aliphatic carbocycles. The number of hydrogen-bond donors (Lipinski definition) is 2. The van der Waals surface area contributed by atoms with Crippen LogP contribution in [0.25, 0.3) is 0 Å². The summed E-state index contributed by atoms with van der Waals surface area (Å²) in [4.78, 5) is 12.3. The Hall–Kier alpha value is -2.74. The SMILES string of the molecule is CCCCCCC1CCc2cc(CC(C)NCCOc3ccccc3OCC(F)(F)F)cc(C(N)=O)c21. The number of nitrogens with one attached hydrogen (secondary N) is 1. The fourth-order valence-electron chi connectivity index (χ4n) is 5.11. The quantitative estimate of drug-likeness (QED) is 0.269. The molecule has 3 rings (SSSR count). The molecule has 204 valence electrons. The number of halogens is 3. The standard InChI is InChI=1S/C29H39F3N2O3/c1-3-4-5-6-9-22-12-13-23-17-21(18-24(27(22)23)28(33)35)16-20(2)34-14-15-36-25-10-7-8-11-26(25)37-19-29(30,31)32/h7-8,10-11,17-18,20,22,34H,3-6,9,12-16,19H2,1-2H3,(H2,33,35). The zero-order chi connectivity index (χ0) is 26.8. The van der Waals surface area contributed by atoms with Crippen LogP contribution in [0.1, 0.15) is 85.3 Å².